The predicted molar refractivity (Wildman–Crippen MR) is 103 cm³/mol. The maximum absolute atomic E-state index is 12.5. The largest absolute Gasteiger partial charge is 0.439 e. The van der Waals surface area contributed by atoms with Gasteiger partial charge in [-0.25, -0.2) is 4.79 Å². The Bertz CT molecular complexity index is 1010. The van der Waals surface area contributed by atoms with Gasteiger partial charge in [0.2, 0.25) is 5.91 Å². The molecule has 0 aromatic heterocycles. The van der Waals surface area contributed by atoms with Crippen molar-refractivity contribution in [3.8, 4) is 0 Å². The van der Waals surface area contributed by atoms with Gasteiger partial charge in [-0.2, -0.15) is 10.6 Å². The molecule has 3 amide bonds. The fraction of sp³-hybridized carbons (Fsp3) is 0.300. The first-order valence-electron chi connectivity index (χ1n) is 9.04. The van der Waals surface area contributed by atoms with E-state index in [0.29, 0.717) is 0 Å². The van der Waals surface area contributed by atoms with Gasteiger partial charge in [-0.3, -0.25) is 4.79 Å². The number of primary amides is 1. The van der Waals surface area contributed by atoms with E-state index in [4.69, 9.17) is 5.73 Å². The average Bonchev–Trinajstić information content (AvgIpc) is 3.30. The maximum Gasteiger partial charge on any atom is 0.322 e. The van der Waals surface area contributed by atoms with E-state index < -0.39 is 22.5 Å². The Labute approximate surface area is 159 Å². The van der Waals surface area contributed by atoms with Gasteiger partial charge in [0, 0.05) is 11.3 Å². The lowest BCUT2D eigenvalue weighted by atomic mass is 9.99. The van der Waals surface area contributed by atoms with Crippen molar-refractivity contribution in [3.63, 3.8) is 0 Å². The second-order valence-electron chi connectivity index (χ2n) is 6.87. The van der Waals surface area contributed by atoms with Gasteiger partial charge in [0.1, 0.15) is 0 Å². The van der Waals surface area contributed by atoms with Gasteiger partial charge >= 0.3 is 6.03 Å². The molecule has 2 aromatic rings. The Morgan fingerprint density at radius 1 is 1.00 bits per heavy atom. The highest BCUT2D eigenvalue weighted by atomic mass is 32.2. The van der Waals surface area contributed by atoms with Crippen molar-refractivity contribution in [1.29, 1.82) is 0 Å². The van der Waals surface area contributed by atoms with Crippen LogP contribution in [0.4, 0.5) is 10.5 Å². The van der Waals surface area contributed by atoms with E-state index in [-0.39, 0.29) is 10.5 Å². The van der Waals surface area contributed by atoms with E-state index in [2.05, 4.69) is 15.7 Å². The molecule has 140 valence electrons. The summed E-state index contributed by atoms with van der Waals surface area (Å²) in [6.45, 7) is 0. The lowest BCUT2D eigenvalue weighted by Crippen LogP contribution is -2.14. The number of amides is 3. The van der Waals surface area contributed by atoms with E-state index in [1.165, 1.54) is 34.4 Å². The Balaban J connectivity index is 1.66. The minimum absolute atomic E-state index is 0.105. The molecule has 0 bridgehead atoms. The lowest BCUT2D eigenvalue weighted by Gasteiger charge is -2.16. The molecule has 2 aliphatic rings. The van der Waals surface area contributed by atoms with Crippen LogP contribution in [-0.4, -0.2) is 11.9 Å². The number of nitrogens with two attached hydrogens (primary N) is 1. The van der Waals surface area contributed by atoms with Crippen LogP contribution in [0.1, 0.15) is 45.5 Å². The van der Waals surface area contributed by atoms with Crippen LogP contribution >= 0.6 is 0 Å². The molecule has 27 heavy (non-hydrogen) atoms. The number of urea groups is 1. The fourth-order valence-corrected chi connectivity index (χ4v) is 4.89. The molecule has 0 unspecified atom stereocenters. The smallest absolute Gasteiger partial charge is 0.322 e. The molecule has 4 rings (SSSR count). The predicted octanol–water partition coefficient (Wildman–Crippen LogP) is 3.50. The van der Waals surface area contributed by atoms with Crippen molar-refractivity contribution in [2.45, 2.75) is 43.4 Å². The van der Waals surface area contributed by atoms with Crippen LogP contribution in [0.15, 0.2) is 39.6 Å². The van der Waals surface area contributed by atoms with E-state index in [1.807, 2.05) is 0 Å². The van der Waals surface area contributed by atoms with Crippen molar-refractivity contribution in [1.82, 2.24) is 0 Å². The molecule has 7 heteroatoms. The zero-order valence-electron chi connectivity index (χ0n) is 14.8. The third-order valence-electron chi connectivity index (χ3n) is 5.21. The molecule has 0 heterocycles. The van der Waals surface area contributed by atoms with Crippen molar-refractivity contribution in [3.05, 3.63) is 58.1 Å². The SMILES string of the molecule is NC(=O)c1ccccc1[S-](=O)=NC(=O)Nc1c2c(cc3c1CCC3)CCC2. The summed E-state index contributed by atoms with van der Waals surface area (Å²) in [7, 11) is -2.00. The second-order valence-corrected chi connectivity index (χ2v) is 7.99. The average molecular weight is 382 g/mol. The third-order valence-corrected chi connectivity index (χ3v) is 6.28. The van der Waals surface area contributed by atoms with Crippen molar-refractivity contribution in [2.75, 3.05) is 5.32 Å². The van der Waals surface area contributed by atoms with E-state index in [0.717, 1.165) is 44.2 Å². The number of benzene rings is 2. The zero-order valence-corrected chi connectivity index (χ0v) is 15.6. The van der Waals surface area contributed by atoms with Gasteiger partial charge in [0.25, 0.3) is 0 Å². The molecule has 0 spiro atoms. The molecule has 3 N–H and O–H groups in total. The Hall–Kier alpha value is -2.67. The molecule has 2 aliphatic carbocycles. The number of nitrogens with one attached hydrogen (secondary N) is 1. The minimum atomic E-state index is -2.00. The Morgan fingerprint density at radius 2 is 1.63 bits per heavy atom. The summed E-state index contributed by atoms with van der Waals surface area (Å²) in [4.78, 5) is 24.1. The number of carbonyl (C=O) groups is 2. The number of anilines is 1. The van der Waals surface area contributed by atoms with Crippen LogP contribution in [0.2, 0.25) is 0 Å². The monoisotopic (exact) mass is 382 g/mol. The molecule has 0 radical (unpaired) electrons. The highest BCUT2D eigenvalue weighted by Gasteiger charge is 2.24. The van der Waals surface area contributed by atoms with Gasteiger partial charge in [-0.15, -0.1) is 0 Å². The van der Waals surface area contributed by atoms with Gasteiger partial charge in [-0.05, 0) is 60.8 Å². The van der Waals surface area contributed by atoms with Gasteiger partial charge in [-0.1, -0.05) is 35.2 Å². The van der Waals surface area contributed by atoms with E-state index in [1.54, 1.807) is 12.1 Å². The maximum atomic E-state index is 12.5. The summed E-state index contributed by atoms with van der Waals surface area (Å²) >= 11 is 0. The molecule has 2 aromatic carbocycles. The standard InChI is InChI=1S/C20H20N3O3S/c21-19(24)16-7-1-2-10-17(16)27(26)23-20(25)22-18-14-8-3-5-12(14)11-13-6-4-9-15(13)18/h1-2,7,10-11H,3-6,8-9H2,(H2,21,24)(H,22,25)/q-1. The molecular weight excluding hydrogens is 362 g/mol. The molecule has 0 fully saturated rings. The van der Waals surface area contributed by atoms with E-state index >= 15 is 0 Å². The van der Waals surface area contributed by atoms with Gasteiger partial charge < -0.3 is 19.6 Å². The topological polar surface area (TPSA) is 102 Å². The van der Waals surface area contributed by atoms with Crippen LogP contribution in [0.3, 0.4) is 0 Å². The highest BCUT2D eigenvalue weighted by Crippen LogP contribution is 2.38. The summed E-state index contributed by atoms with van der Waals surface area (Å²) in [5.74, 6) is -0.701. The molecule has 0 saturated heterocycles. The number of rotatable bonds is 3. The first-order chi connectivity index (χ1) is 13.0. The molecule has 0 atom stereocenters. The summed E-state index contributed by atoms with van der Waals surface area (Å²) in [5, 5.41) is 2.88. The van der Waals surface area contributed by atoms with Crippen molar-refractivity contribution in [2.24, 2.45) is 10.1 Å². The molecular formula is C20H20N3O3S-. The summed E-state index contributed by atoms with van der Waals surface area (Å²) in [5.41, 5.74) is 11.2. The number of carbonyl (C=O) groups excluding carboxylic acids is 2. The van der Waals surface area contributed by atoms with Crippen molar-refractivity contribution < 1.29 is 13.8 Å². The van der Waals surface area contributed by atoms with Crippen LogP contribution in [0.5, 0.6) is 0 Å². The summed E-state index contributed by atoms with van der Waals surface area (Å²) in [6.07, 6.45) is 6.09. The van der Waals surface area contributed by atoms with Gasteiger partial charge in [0.05, 0.1) is 0 Å². The quantitative estimate of drug-likeness (QED) is 0.794. The molecule has 0 saturated carbocycles. The number of aryl methyl sites for hydroxylation is 2. The van der Waals surface area contributed by atoms with Crippen molar-refractivity contribution >= 4 is 28.2 Å². The summed E-state index contributed by atoms with van der Waals surface area (Å²) in [6, 6.07) is 7.83. The normalized spacial score (nSPS) is 16.0. The number of nitrogens with zero attached hydrogens (tertiary/aromatic N) is 1. The van der Waals surface area contributed by atoms with Crippen LogP contribution in [-0.2, 0) is 40.5 Å². The summed E-state index contributed by atoms with van der Waals surface area (Å²) < 4.78 is 16.3. The van der Waals surface area contributed by atoms with Gasteiger partial charge in [0.15, 0.2) is 0 Å². The second kappa shape index (κ2) is 7.15. The molecule has 6 nitrogen and oxygen atoms in total. The Morgan fingerprint density at radius 3 is 2.26 bits per heavy atom. The van der Waals surface area contributed by atoms with Crippen LogP contribution < -0.4 is 11.1 Å². The lowest BCUT2D eigenvalue weighted by molar-refractivity contribution is 0.0997. The van der Waals surface area contributed by atoms with E-state index in [9.17, 15) is 13.8 Å². The minimum Gasteiger partial charge on any atom is -0.439 e. The number of hydrogen-bond donors (Lipinski definition) is 2. The number of fused-ring (bicyclic) bond motifs is 2. The van der Waals surface area contributed by atoms with Crippen LogP contribution in [0.25, 0.3) is 0 Å². The third kappa shape index (κ3) is 3.35. The number of hydrogen-bond acceptors (Lipinski definition) is 4. The first-order valence-corrected chi connectivity index (χ1v) is 10.1. The first kappa shape index (κ1) is 17.7. The highest BCUT2D eigenvalue weighted by molar-refractivity contribution is 7.75. The van der Waals surface area contributed by atoms with Crippen LogP contribution in [0, 0.1) is 0 Å². The fourth-order valence-electron chi connectivity index (χ4n) is 4.04. The zero-order chi connectivity index (χ0) is 19.0. The Kier molecular flexibility index (Phi) is 4.70. The molecule has 0 aliphatic heterocycles.